The van der Waals surface area contributed by atoms with Gasteiger partial charge < -0.3 is 5.11 Å². The Kier molecular flexibility index (Phi) is 2.34. The highest BCUT2D eigenvalue weighted by atomic mass is 35.5. The summed E-state index contributed by atoms with van der Waals surface area (Å²) in [5, 5.41) is 12.9. The highest BCUT2D eigenvalue weighted by Crippen LogP contribution is 2.22. The van der Waals surface area contributed by atoms with Crippen molar-refractivity contribution in [3.05, 3.63) is 16.9 Å². The minimum atomic E-state index is -1.06. The quantitative estimate of drug-likeness (QED) is 0.758. The Balaban J connectivity index is 3.31. The van der Waals surface area contributed by atoms with Gasteiger partial charge in [-0.3, -0.25) is 4.68 Å². The number of aromatic nitrogens is 2. The minimum absolute atomic E-state index is 0.0363. The predicted octanol–water partition coefficient (Wildman–Crippen LogP) is 1.99. The third-order valence-electron chi connectivity index (χ3n) is 1.56. The summed E-state index contributed by atoms with van der Waals surface area (Å²) in [6, 6.07) is 0. The van der Waals surface area contributed by atoms with Gasteiger partial charge in [0.05, 0.1) is 16.8 Å². The molecule has 13 heavy (non-hydrogen) atoms. The molecule has 4 nitrogen and oxygen atoms in total. The Labute approximate surface area is 81.1 Å². The highest BCUT2D eigenvalue weighted by molar-refractivity contribution is 6.33. The van der Waals surface area contributed by atoms with Gasteiger partial charge in [-0.25, -0.2) is 4.79 Å². The molecule has 0 aliphatic carbocycles. The molecule has 0 saturated heterocycles. The van der Waals surface area contributed by atoms with Crippen LogP contribution in [0.2, 0.25) is 5.02 Å². The van der Waals surface area contributed by atoms with Gasteiger partial charge in [-0.05, 0) is 20.8 Å². The van der Waals surface area contributed by atoms with E-state index in [2.05, 4.69) is 5.10 Å². The molecular formula is C8H11ClN2O2. The lowest BCUT2D eigenvalue weighted by Gasteiger charge is -2.20. The van der Waals surface area contributed by atoms with E-state index in [1.165, 1.54) is 10.9 Å². The summed E-state index contributed by atoms with van der Waals surface area (Å²) in [5.41, 5.74) is -0.338. The van der Waals surface area contributed by atoms with Crippen molar-refractivity contribution in [3.63, 3.8) is 0 Å². The second-order valence-electron chi connectivity index (χ2n) is 3.73. The second kappa shape index (κ2) is 3.03. The molecule has 1 aromatic rings. The summed E-state index contributed by atoms with van der Waals surface area (Å²) in [6.07, 6.45) is 1.34. The Hall–Kier alpha value is -1.03. The molecule has 0 amide bonds. The van der Waals surface area contributed by atoms with Gasteiger partial charge in [0.2, 0.25) is 0 Å². The van der Waals surface area contributed by atoms with Crippen LogP contribution >= 0.6 is 11.6 Å². The number of nitrogens with zero attached hydrogens (tertiary/aromatic N) is 2. The first-order chi connectivity index (χ1) is 5.84. The SMILES string of the molecule is CC(C)(C)n1ncc(Cl)c1C(=O)O. The van der Waals surface area contributed by atoms with Crippen molar-refractivity contribution in [3.8, 4) is 0 Å². The van der Waals surface area contributed by atoms with E-state index < -0.39 is 5.97 Å². The Bertz CT molecular complexity index is 338. The standard InChI is InChI=1S/C8H11ClN2O2/c1-8(2,3)11-6(7(12)13)5(9)4-10-11/h4H,1-3H3,(H,12,13). The third kappa shape index (κ3) is 1.83. The third-order valence-corrected chi connectivity index (χ3v) is 1.84. The van der Waals surface area contributed by atoms with Crippen LogP contribution < -0.4 is 0 Å². The average molecular weight is 203 g/mol. The van der Waals surface area contributed by atoms with Crippen LogP contribution in [-0.2, 0) is 5.54 Å². The van der Waals surface area contributed by atoms with E-state index in [4.69, 9.17) is 16.7 Å². The Morgan fingerprint density at radius 3 is 2.46 bits per heavy atom. The zero-order valence-electron chi connectivity index (χ0n) is 7.71. The lowest BCUT2D eigenvalue weighted by atomic mass is 10.1. The van der Waals surface area contributed by atoms with E-state index in [0.29, 0.717) is 0 Å². The van der Waals surface area contributed by atoms with Crippen LogP contribution in [0.4, 0.5) is 0 Å². The number of halogens is 1. The summed E-state index contributed by atoms with van der Waals surface area (Å²) in [5.74, 6) is -1.06. The van der Waals surface area contributed by atoms with Gasteiger partial charge in [0, 0.05) is 0 Å². The van der Waals surface area contributed by atoms with Crippen LogP contribution in [0.25, 0.3) is 0 Å². The summed E-state index contributed by atoms with van der Waals surface area (Å²) in [7, 11) is 0. The van der Waals surface area contributed by atoms with Gasteiger partial charge in [0.15, 0.2) is 5.69 Å². The first-order valence-electron chi connectivity index (χ1n) is 3.81. The van der Waals surface area contributed by atoms with Crippen LogP contribution in [0.15, 0.2) is 6.20 Å². The van der Waals surface area contributed by atoms with Crippen molar-refractivity contribution in [1.29, 1.82) is 0 Å². The molecule has 0 aromatic carbocycles. The van der Waals surface area contributed by atoms with E-state index >= 15 is 0 Å². The maximum absolute atomic E-state index is 10.8. The Morgan fingerprint density at radius 2 is 2.15 bits per heavy atom. The molecule has 0 bridgehead atoms. The summed E-state index contributed by atoms with van der Waals surface area (Å²) in [6.45, 7) is 5.59. The van der Waals surface area contributed by atoms with E-state index in [1.807, 2.05) is 20.8 Å². The molecule has 1 aromatic heterocycles. The van der Waals surface area contributed by atoms with Crippen LogP contribution in [0.3, 0.4) is 0 Å². The summed E-state index contributed by atoms with van der Waals surface area (Å²) < 4.78 is 1.40. The molecule has 72 valence electrons. The number of carboxylic acids is 1. The van der Waals surface area contributed by atoms with Crippen LogP contribution in [0.5, 0.6) is 0 Å². The highest BCUT2D eigenvalue weighted by Gasteiger charge is 2.24. The van der Waals surface area contributed by atoms with Crippen molar-refractivity contribution < 1.29 is 9.90 Å². The maximum atomic E-state index is 10.8. The molecular weight excluding hydrogens is 192 g/mol. The number of aromatic carboxylic acids is 1. The number of carboxylic acid groups (broad SMARTS) is 1. The lowest BCUT2D eigenvalue weighted by Crippen LogP contribution is -2.27. The lowest BCUT2D eigenvalue weighted by molar-refractivity contribution is 0.0675. The molecule has 0 spiro atoms. The molecule has 0 aliphatic heterocycles. The van der Waals surface area contributed by atoms with Crippen molar-refractivity contribution in [2.45, 2.75) is 26.3 Å². The number of rotatable bonds is 1. The molecule has 1 rings (SSSR count). The van der Waals surface area contributed by atoms with E-state index in [9.17, 15) is 4.79 Å². The fourth-order valence-electron chi connectivity index (χ4n) is 1.03. The van der Waals surface area contributed by atoms with E-state index in [1.54, 1.807) is 0 Å². The monoisotopic (exact) mass is 202 g/mol. The maximum Gasteiger partial charge on any atom is 0.355 e. The molecule has 0 radical (unpaired) electrons. The zero-order chi connectivity index (χ0) is 10.2. The Morgan fingerprint density at radius 1 is 1.62 bits per heavy atom. The second-order valence-corrected chi connectivity index (χ2v) is 4.14. The smallest absolute Gasteiger partial charge is 0.355 e. The average Bonchev–Trinajstić information content (AvgIpc) is 2.28. The number of carbonyl (C=O) groups is 1. The minimum Gasteiger partial charge on any atom is -0.476 e. The van der Waals surface area contributed by atoms with Gasteiger partial charge in [-0.15, -0.1) is 0 Å². The summed E-state index contributed by atoms with van der Waals surface area (Å²) in [4.78, 5) is 10.8. The van der Waals surface area contributed by atoms with Crippen LogP contribution in [0, 0.1) is 0 Å². The van der Waals surface area contributed by atoms with Crippen molar-refractivity contribution in [1.82, 2.24) is 9.78 Å². The van der Waals surface area contributed by atoms with Gasteiger partial charge in [-0.1, -0.05) is 11.6 Å². The predicted molar refractivity (Wildman–Crippen MR) is 49.2 cm³/mol. The van der Waals surface area contributed by atoms with Gasteiger partial charge in [0.25, 0.3) is 0 Å². The molecule has 1 heterocycles. The van der Waals surface area contributed by atoms with Crippen molar-refractivity contribution >= 4 is 17.6 Å². The van der Waals surface area contributed by atoms with Crippen molar-refractivity contribution in [2.75, 3.05) is 0 Å². The number of hydrogen-bond acceptors (Lipinski definition) is 2. The fourth-order valence-corrected chi connectivity index (χ4v) is 1.23. The largest absolute Gasteiger partial charge is 0.476 e. The van der Waals surface area contributed by atoms with Crippen LogP contribution in [0.1, 0.15) is 31.3 Å². The van der Waals surface area contributed by atoms with Gasteiger partial charge >= 0.3 is 5.97 Å². The molecule has 0 atom stereocenters. The molecule has 0 unspecified atom stereocenters. The van der Waals surface area contributed by atoms with Crippen molar-refractivity contribution in [2.24, 2.45) is 0 Å². The first-order valence-corrected chi connectivity index (χ1v) is 4.19. The molecule has 0 aliphatic rings. The molecule has 5 heteroatoms. The first kappa shape index (κ1) is 10.1. The van der Waals surface area contributed by atoms with E-state index in [0.717, 1.165) is 0 Å². The normalized spacial score (nSPS) is 11.7. The number of hydrogen-bond donors (Lipinski definition) is 1. The van der Waals surface area contributed by atoms with Gasteiger partial charge in [-0.2, -0.15) is 5.10 Å². The van der Waals surface area contributed by atoms with Gasteiger partial charge in [0.1, 0.15) is 0 Å². The summed E-state index contributed by atoms with van der Waals surface area (Å²) >= 11 is 5.68. The van der Waals surface area contributed by atoms with Crippen LogP contribution in [-0.4, -0.2) is 20.9 Å². The fraction of sp³-hybridized carbons (Fsp3) is 0.500. The van der Waals surface area contributed by atoms with E-state index in [-0.39, 0.29) is 16.3 Å². The molecule has 0 fully saturated rings. The molecule has 0 saturated carbocycles. The zero-order valence-corrected chi connectivity index (χ0v) is 8.46. The topological polar surface area (TPSA) is 55.1 Å². The molecule has 1 N–H and O–H groups in total.